The minimum absolute atomic E-state index is 0.0176. The predicted molar refractivity (Wildman–Crippen MR) is 67.0 cm³/mol. The standard InChI is InChI=1S/C11H15N3O3/c1-2-6-17-7-5-13-11-4-3-9(14(15)16)8-10(11)12/h2-4,8,13H,1,5-7,12H2. The summed E-state index contributed by atoms with van der Waals surface area (Å²) >= 11 is 0. The molecule has 0 aliphatic carbocycles. The van der Waals surface area contributed by atoms with Crippen LogP contribution in [-0.4, -0.2) is 24.7 Å². The quantitative estimate of drug-likeness (QED) is 0.248. The summed E-state index contributed by atoms with van der Waals surface area (Å²) in [5.74, 6) is 0. The highest BCUT2D eigenvalue weighted by Crippen LogP contribution is 2.23. The number of rotatable bonds is 7. The van der Waals surface area contributed by atoms with Crippen LogP contribution in [0.3, 0.4) is 0 Å². The molecule has 0 radical (unpaired) electrons. The average Bonchev–Trinajstić information content (AvgIpc) is 2.30. The van der Waals surface area contributed by atoms with Crippen molar-refractivity contribution in [2.75, 3.05) is 30.8 Å². The van der Waals surface area contributed by atoms with Crippen LogP contribution in [0, 0.1) is 10.1 Å². The summed E-state index contributed by atoms with van der Waals surface area (Å²) in [6.45, 7) is 5.12. The van der Waals surface area contributed by atoms with Gasteiger partial charge in [0.05, 0.1) is 29.5 Å². The summed E-state index contributed by atoms with van der Waals surface area (Å²) in [7, 11) is 0. The van der Waals surface area contributed by atoms with Gasteiger partial charge < -0.3 is 15.8 Å². The van der Waals surface area contributed by atoms with E-state index in [0.29, 0.717) is 31.1 Å². The molecule has 3 N–H and O–H groups in total. The van der Waals surface area contributed by atoms with E-state index in [1.807, 2.05) is 0 Å². The molecular weight excluding hydrogens is 222 g/mol. The van der Waals surface area contributed by atoms with E-state index in [9.17, 15) is 10.1 Å². The Morgan fingerprint density at radius 1 is 1.59 bits per heavy atom. The molecule has 0 saturated carbocycles. The summed E-state index contributed by atoms with van der Waals surface area (Å²) in [4.78, 5) is 10.0. The maximum atomic E-state index is 10.5. The Kier molecular flexibility index (Phi) is 4.96. The number of nitro groups is 1. The highest BCUT2D eigenvalue weighted by molar-refractivity contribution is 5.69. The fraction of sp³-hybridized carbons (Fsp3) is 0.273. The topological polar surface area (TPSA) is 90.4 Å². The zero-order valence-corrected chi connectivity index (χ0v) is 9.39. The number of ether oxygens (including phenoxy) is 1. The molecule has 0 saturated heterocycles. The van der Waals surface area contributed by atoms with Gasteiger partial charge in [0.25, 0.3) is 5.69 Å². The number of anilines is 2. The second-order valence-corrected chi connectivity index (χ2v) is 3.32. The fourth-order valence-electron chi connectivity index (χ4n) is 1.25. The zero-order valence-electron chi connectivity index (χ0n) is 9.39. The van der Waals surface area contributed by atoms with Crippen molar-refractivity contribution in [3.05, 3.63) is 41.0 Å². The molecule has 0 heterocycles. The Bertz CT molecular complexity index is 407. The number of nitro benzene ring substituents is 1. The van der Waals surface area contributed by atoms with Gasteiger partial charge in [-0.2, -0.15) is 0 Å². The van der Waals surface area contributed by atoms with Crippen molar-refractivity contribution in [3.63, 3.8) is 0 Å². The Labute approximate surface area is 99.2 Å². The molecule has 92 valence electrons. The molecular formula is C11H15N3O3. The molecule has 0 aromatic heterocycles. The van der Waals surface area contributed by atoms with E-state index in [2.05, 4.69) is 11.9 Å². The van der Waals surface area contributed by atoms with Crippen LogP contribution in [0.5, 0.6) is 0 Å². The molecule has 0 amide bonds. The van der Waals surface area contributed by atoms with E-state index in [1.165, 1.54) is 12.1 Å². The van der Waals surface area contributed by atoms with Crippen molar-refractivity contribution >= 4 is 17.1 Å². The summed E-state index contributed by atoms with van der Waals surface area (Å²) in [5.41, 5.74) is 6.67. The summed E-state index contributed by atoms with van der Waals surface area (Å²) < 4.78 is 5.18. The molecule has 0 spiro atoms. The molecule has 0 aliphatic rings. The molecule has 6 nitrogen and oxygen atoms in total. The van der Waals surface area contributed by atoms with Crippen LogP contribution >= 0.6 is 0 Å². The maximum absolute atomic E-state index is 10.5. The third kappa shape index (κ3) is 4.12. The first-order valence-electron chi connectivity index (χ1n) is 5.11. The lowest BCUT2D eigenvalue weighted by Crippen LogP contribution is -2.10. The molecule has 0 bridgehead atoms. The summed E-state index contributed by atoms with van der Waals surface area (Å²) in [6, 6.07) is 4.32. The highest BCUT2D eigenvalue weighted by atomic mass is 16.6. The van der Waals surface area contributed by atoms with Gasteiger partial charge in [-0.3, -0.25) is 10.1 Å². The molecule has 0 unspecified atom stereocenters. The van der Waals surface area contributed by atoms with Crippen LogP contribution in [0.25, 0.3) is 0 Å². The Hall–Kier alpha value is -2.08. The summed E-state index contributed by atoms with van der Waals surface area (Å²) in [6.07, 6.45) is 1.67. The number of hydrogen-bond acceptors (Lipinski definition) is 5. The van der Waals surface area contributed by atoms with Crippen LogP contribution in [0.4, 0.5) is 17.1 Å². The van der Waals surface area contributed by atoms with E-state index in [1.54, 1.807) is 12.1 Å². The van der Waals surface area contributed by atoms with E-state index in [-0.39, 0.29) is 5.69 Å². The lowest BCUT2D eigenvalue weighted by Gasteiger charge is -2.08. The third-order valence-electron chi connectivity index (χ3n) is 2.04. The third-order valence-corrected chi connectivity index (χ3v) is 2.04. The average molecular weight is 237 g/mol. The number of nitrogen functional groups attached to an aromatic ring is 1. The molecule has 0 aliphatic heterocycles. The van der Waals surface area contributed by atoms with Gasteiger partial charge in [0.1, 0.15) is 0 Å². The monoisotopic (exact) mass is 237 g/mol. The number of hydrogen-bond donors (Lipinski definition) is 2. The van der Waals surface area contributed by atoms with Gasteiger partial charge in [-0.15, -0.1) is 6.58 Å². The number of non-ortho nitro benzene ring substituents is 1. The van der Waals surface area contributed by atoms with Gasteiger partial charge in [0.2, 0.25) is 0 Å². The Balaban J connectivity index is 2.49. The largest absolute Gasteiger partial charge is 0.397 e. The molecule has 17 heavy (non-hydrogen) atoms. The van der Waals surface area contributed by atoms with E-state index < -0.39 is 4.92 Å². The number of nitrogens with zero attached hydrogens (tertiary/aromatic N) is 1. The second-order valence-electron chi connectivity index (χ2n) is 3.32. The van der Waals surface area contributed by atoms with Crippen molar-refractivity contribution in [2.45, 2.75) is 0 Å². The van der Waals surface area contributed by atoms with Gasteiger partial charge in [-0.05, 0) is 6.07 Å². The first-order chi connectivity index (χ1) is 8.15. The van der Waals surface area contributed by atoms with Crippen LogP contribution in [0.1, 0.15) is 0 Å². The number of benzene rings is 1. The molecule has 1 rings (SSSR count). The van der Waals surface area contributed by atoms with Gasteiger partial charge >= 0.3 is 0 Å². The van der Waals surface area contributed by atoms with Crippen molar-refractivity contribution in [1.29, 1.82) is 0 Å². The van der Waals surface area contributed by atoms with Crippen LogP contribution < -0.4 is 11.1 Å². The van der Waals surface area contributed by atoms with Gasteiger partial charge in [0, 0.05) is 18.7 Å². The number of nitrogens with two attached hydrogens (primary N) is 1. The predicted octanol–water partition coefficient (Wildman–Crippen LogP) is 1.79. The highest BCUT2D eigenvalue weighted by Gasteiger charge is 2.07. The Morgan fingerprint density at radius 2 is 2.35 bits per heavy atom. The van der Waals surface area contributed by atoms with Crippen LogP contribution in [-0.2, 0) is 4.74 Å². The first-order valence-corrected chi connectivity index (χ1v) is 5.11. The lowest BCUT2D eigenvalue weighted by atomic mass is 10.2. The maximum Gasteiger partial charge on any atom is 0.271 e. The molecule has 0 atom stereocenters. The minimum Gasteiger partial charge on any atom is -0.397 e. The van der Waals surface area contributed by atoms with Crippen molar-refractivity contribution in [2.24, 2.45) is 0 Å². The Morgan fingerprint density at radius 3 is 2.94 bits per heavy atom. The van der Waals surface area contributed by atoms with Gasteiger partial charge in [0.15, 0.2) is 0 Å². The van der Waals surface area contributed by atoms with Crippen LogP contribution in [0.15, 0.2) is 30.9 Å². The zero-order chi connectivity index (χ0) is 12.7. The normalized spacial score (nSPS) is 9.88. The minimum atomic E-state index is -0.479. The van der Waals surface area contributed by atoms with Gasteiger partial charge in [-0.1, -0.05) is 6.08 Å². The van der Waals surface area contributed by atoms with Crippen molar-refractivity contribution < 1.29 is 9.66 Å². The smallest absolute Gasteiger partial charge is 0.271 e. The van der Waals surface area contributed by atoms with Crippen molar-refractivity contribution in [3.8, 4) is 0 Å². The van der Waals surface area contributed by atoms with E-state index in [4.69, 9.17) is 10.5 Å². The molecule has 1 aromatic rings. The number of nitrogens with one attached hydrogen (secondary N) is 1. The van der Waals surface area contributed by atoms with Gasteiger partial charge in [-0.25, -0.2) is 0 Å². The van der Waals surface area contributed by atoms with Crippen molar-refractivity contribution in [1.82, 2.24) is 0 Å². The lowest BCUT2D eigenvalue weighted by molar-refractivity contribution is -0.384. The summed E-state index contributed by atoms with van der Waals surface area (Å²) in [5, 5.41) is 13.5. The van der Waals surface area contributed by atoms with E-state index >= 15 is 0 Å². The van der Waals surface area contributed by atoms with Crippen LogP contribution in [0.2, 0.25) is 0 Å². The second kappa shape index (κ2) is 6.49. The molecule has 1 aromatic carbocycles. The SMILES string of the molecule is C=CCOCCNc1ccc([N+](=O)[O-])cc1N. The molecule has 0 fully saturated rings. The van der Waals surface area contributed by atoms with E-state index in [0.717, 1.165) is 0 Å². The molecule has 6 heteroatoms. The fourth-order valence-corrected chi connectivity index (χ4v) is 1.25. The first kappa shape index (κ1) is 13.0.